The summed E-state index contributed by atoms with van der Waals surface area (Å²) in [5.74, 6) is 0.0417. The van der Waals surface area contributed by atoms with Gasteiger partial charge in [-0.1, -0.05) is 37.3 Å². The lowest BCUT2D eigenvalue weighted by atomic mass is 10.1. The van der Waals surface area contributed by atoms with Gasteiger partial charge in [0, 0.05) is 12.2 Å². The van der Waals surface area contributed by atoms with Crippen molar-refractivity contribution in [3.63, 3.8) is 0 Å². The Morgan fingerprint density at radius 3 is 2.62 bits per heavy atom. The van der Waals surface area contributed by atoms with Crippen molar-refractivity contribution in [2.75, 3.05) is 22.9 Å². The zero-order valence-electron chi connectivity index (χ0n) is 12.3. The first-order valence-electron chi connectivity index (χ1n) is 7.04. The van der Waals surface area contributed by atoms with E-state index in [1.807, 2.05) is 24.3 Å². The van der Waals surface area contributed by atoms with Crippen molar-refractivity contribution < 1.29 is 4.79 Å². The van der Waals surface area contributed by atoms with Gasteiger partial charge >= 0.3 is 0 Å². The van der Waals surface area contributed by atoms with E-state index in [2.05, 4.69) is 29.5 Å². The number of nitrogens with one attached hydrogen (secondary N) is 2. The number of anilines is 3. The average Bonchev–Trinajstić information content (AvgIpc) is 2.87. The van der Waals surface area contributed by atoms with E-state index >= 15 is 0 Å². The first-order valence-corrected chi connectivity index (χ1v) is 7.86. The summed E-state index contributed by atoms with van der Waals surface area (Å²) in [4.78, 5) is 16.8. The van der Waals surface area contributed by atoms with Gasteiger partial charge in [-0.05, 0) is 30.5 Å². The third-order valence-corrected chi connectivity index (χ3v) is 4.03. The van der Waals surface area contributed by atoms with Gasteiger partial charge in [-0.3, -0.25) is 4.79 Å². The van der Waals surface area contributed by atoms with Gasteiger partial charge in [0.05, 0.1) is 0 Å². The van der Waals surface area contributed by atoms with E-state index in [0.717, 1.165) is 25.1 Å². The summed E-state index contributed by atoms with van der Waals surface area (Å²) >= 11 is 1.28. The maximum absolute atomic E-state index is 12.2. The number of aromatic nitrogens is 1. The number of thiazole rings is 1. The van der Waals surface area contributed by atoms with E-state index in [9.17, 15) is 4.79 Å². The monoisotopic (exact) mass is 304 g/mol. The molecule has 5 nitrogen and oxygen atoms in total. The molecule has 2 rings (SSSR count). The third-order valence-electron chi connectivity index (χ3n) is 3.01. The van der Waals surface area contributed by atoms with Crippen LogP contribution in [-0.4, -0.2) is 17.4 Å². The van der Waals surface area contributed by atoms with Crippen molar-refractivity contribution in [1.82, 2.24) is 4.98 Å². The van der Waals surface area contributed by atoms with E-state index in [0.29, 0.717) is 10.0 Å². The van der Waals surface area contributed by atoms with Crippen molar-refractivity contribution in [2.24, 2.45) is 0 Å². The number of carbonyl (C=O) groups excluding carboxylic acids is 1. The van der Waals surface area contributed by atoms with Crippen LogP contribution in [0.1, 0.15) is 35.5 Å². The van der Waals surface area contributed by atoms with Gasteiger partial charge in [0.25, 0.3) is 5.91 Å². The highest BCUT2D eigenvalue weighted by Gasteiger charge is 2.16. The van der Waals surface area contributed by atoms with E-state index in [1.54, 1.807) is 0 Å². The highest BCUT2D eigenvalue weighted by molar-refractivity contribution is 7.18. The van der Waals surface area contributed by atoms with E-state index in [-0.39, 0.29) is 11.7 Å². The van der Waals surface area contributed by atoms with Crippen molar-refractivity contribution in [1.29, 1.82) is 0 Å². The Hall–Kier alpha value is -2.08. The SMILES string of the molecule is CCCNc1nc(N)c(C(=O)Nc2ccc(CC)cc2)s1. The second kappa shape index (κ2) is 7.08. The van der Waals surface area contributed by atoms with Crippen LogP contribution in [0.2, 0.25) is 0 Å². The molecule has 0 atom stereocenters. The summed E-state index contributed by atoms with van der Waals surface area (Å²) in [7, 11) is 0. The predicted molar refractivity (Wildman–Crippen MR) is 89.1 cm³/mol. The summed E-state index contributed by atoms with van der Waals surface area (Å²) in [5.41, 5.74) is 7.80. The van der Waals surface area contributed by atoms with Gasteiger partial charge in [-0.15, -0.1) is 0 Å². The van der Waals surface area contributed by atoms with Crippen LogP contribution in [0.3, 0.4) is 0 Å². The Labute approximate surface area is 128 Å². The fourth-order valence-electron chi connectivity index (χ4n) is 1.81. The van der Waals surface area contributed by atoms with Crippen molar-refractivity contribution in [3.05, 3.63) is 34.7 Å². The smallest absolute Gasteiger partial charge is 0.269 e. The van der Waals surface area contributed by atoms with Crippen LogP contribution < -0.4 is 16.4 Å². The van der Waals surface area contributed by atoms with Crippen LogP contribution in [0.15, 0.2) is 24.3 Å². The quantitative estimate of drug-likeness (QED) is 0.764. The first kappa shape index (κ1) is 15.3. The minimum Gasteiger partial charge on any atom is -0.382 e. The molecule has 0 aliphatic carbocycles. The number of nitrogen functional groups attached to an aromatic ring is 1. The Morgan fingerprint density at radius 2 is 2.00 bits per heavy atom. The standard InChI is InChI=1S/C15H20N4OS/c1-3-9-17-15-19-13(16)12(21-15)14(20)18-11-7-5-10(4-2)6-8-11/h5-8H,3-4,9,16H2,1-2H3,(H,17,19)(H,18,20). The molecule has 0 unspecified atom stereocenters. The molecule has 21 heavy (non-hydrogen) atoms. The zero-order valence-corrected chi connectivity index (χ0v) is 13.1. The minimum absolute atomic E-state index is 0.223. The maximum Gasteiger partial charge on any atom is 0.269 e. The lowest BCUT2D eigenvalue weighted by molar-refractivity contribution is 0.103. The molecule has 0 aliphatic heterocycles. The van der Waals surface area contributed by atoms with Gasteiger partial charge in [0.15, 0.2) is 5.13 Å². The largest absolute Gasteiger partial charge is 0.382 e. The van der Waals surface area contributed by atoms with Crippen molar-refractivity contribution in [2.45, 2.75) is 26.7 Å². The number of rotatable bonds is 6. The van der Waals surface area contributed by atoms with Gasteiger partial charge in [0.2, 0.25) is 0 Å². The number of benzene rings is 1. The lowest BCUT2D eigenvalue weighted by Gasteiger charge is -2.04. The maximum atomic E-state index is 12.2. The second-order valence-electron chi connectivity index (χ2n) is 4.66. The number of nitrogens with two attached hydrogens (primary N) is 1. The van der Waals surface area contributed by atoms with E-state index in [1.165, 1.54) is 16.9 Å². The number of hydrogen-bond acceptors (Lipinski definition) is 5. The molecule has 0 spiro atoms. The Morgan fingerprint density at radius 1 is 1.29 bits per heavy atom. The zero-order chi connectivity index (χ0) is 15.2. The molecular formula is C15H20N4OS. The molecule has 1 amide bonds. The van der Waals surface area contributed by atoms with Crippen molar-refractivity contribution in [3.8, 4) is 0 Å². The molecule has 2 aromatic rings. The summed E-state index contributed by atoms with van der Waals surface area (Å²) in [6.45, 7) is 4.97. The molecule has 112 valence electrons. The molecule has 0 saturated carbocycles. The molecule has 0 bridgehead atoms. The number of carbonyl (C=O) groups is 1. The topological polar surface area (TPSA) is 80.0 Å². The van der Waals surface area contributed by atoms with Crippen LogP contribution in [0.4, 0.5) is 16.6 Å². The van der Waals surface area contributed by atoms with Crippen molar-refractivity contribution >= 4 is 33.9 Å². The Bertz CT molecular complexity index is 607. The second-order valence-corrected chi connectivity index (χ2v) is 5.66. The number of amides is 1. The molecule has 1 heterocycles. The minimum atomic E-state index is -0.223. The lowest BCUT2D eigenvalue weighted by Crippen LogP contribution is -2.12. The van der Waals surface area contributed by atoms with Gasteiger partial charge in [-0.25, -0.2) is 4.98 Å². The first-order chi connectivity index (χ1) is 10.1. The van der Waals surface area contributed by atoms with Gasteiger partial charge in [0.1, 0.15) is 10.7 Å². The summed E-state index contributed by atoms with van der Waals surface area (Å²) in [6, 6.07) is 7.79. The third kappa shape index (κ3) is 3.95. The fourth-order valence-corrected chi connectivity index (χ4v) is 2.62. The average molecular weight is 304 g/mol. The molecule has 0 aliphatic rings. The summed E-state index contributed by atoms with van der Waals surface area (Å²) in [6.07, 6.45) is 1.97. The molecule has 0 fully saturated rings. The number of nitrogens with zero attached hydrogens (tertiary/aromatic N) is 1. The highest BCUT2D eigenvalue weighted by atomic mass is 32.1. The molecule has 1 aromatic carbocycles. The highest BCUT2D eigenvalue weighted by Crippen LogP contribution is 2.26. The predicted octanol–water partition coefficient (Wildman–Crippen LogP) is 3.36. The Balaban J connectivity index is 2.06. The number of aryl methyl sites for hydroxylation is 1. The molecule has 0 radical (unpaired) electrons. The van der Waals surface area contributed by atoms with E-state index < -0.39 is 0 Å². The summed E-state index contributed by atoms with van der Waals surface area (Å²) < 4.78 is 0. The van der Waals surface area contributed by atoms with Crippen LogP contribution in [0.25, 0.3) is 0 Å². The molecular weight excluding hydrogens is 284 g/mol. The normalized spacial score (nSPS) is 10.4. The van der Waals surface area contributed by atoms with Crippen LogP contribution in [0, 0.1) is 0 Å². The van der Waals surface area contributed by atoms with E-state index in [4.69, 9.17) is 5.73 Å². The summed E-state index contributed by atoms with van der Waals surface area (Å²) in [5, 5.41) is 6.66. The van der Waals surface area contributed by atoms with Crippen LogP contribution in [-0.2, 0) is 6.42 Å². The van der Waals surface area contributed by atoms with Crippen LogP contribution in [0.5, 0.6) is 0 Å². The number of hydrogen-bond donors (Lipinski definition) is 3. The molecule has 4 N–H and O–H groups in total. The Kier molecular flexibility index (Phi) is 5.16. The molecule has 0 saturated heterocycles. The van der Waals surface area contributed by atoms with Gasteiger partial charge < -0.3 is 16.4 Å². The van der Waals surface area contributed by atoms with Crippen LogP contribution >= 0.6 is 11.3 Å². The molecule has 6 heteroatoms. The fraction of sp³-hybridized carbons (Fsp3) is 0.333. The van der Waals surface area contributed by atoms with Gasteiger partial charge in [-0.2, -0.15) is 0 Å². The molecule has 1 aromatic heterocycles.